The van der Waals surface area contributed by atoms with Crippen LogP contribution in [0.4, 0.5) is 35.9 Å². The van der Waals surface area contributed by atoms with Crippen LogP contribution in [0.5, 0.6) is 98.0 Å². The monoisotopic (exact) mass is 1960 g/mol. The van der Waals surface area contributed by atoms with Gasteiger partial charge in [-0.15, -0.1) is 0 Å². The number of nitrogens with two attached hydrogens (primary N) is 2. The van der Waals surface area contributed by atoms with Crippen LogP contribution in [0.15, 0.2) is 180 Å². The van der Waals surface area contributed by atoms with E-state index in [1.807, 2.05) is 36.7 Å². The number of carbonyl (C=O) groups excluding carboxylic acids is 3. The number of nitrogens with one attached hydrogen (secondary N) is 1. The van der Waals surface area contributed by atoms with Crippen LogP contribution in [-0.4, -0.2) is 189 Å². The Morgan fingerprint density at radius 3 is 1.26 bits per heavy atom. The van der Waals surface area contributed by atoms with Crippen LogP contribution in [0.25, 0.3) is 54.5 Å². The van der Waals surface area contributed by atoms with Crippen molar-refractivity contribution in [1.82, 2.24) is 44.4 Å². The summed E-state index contributed by atoms with van der Waals surface area (Å²) in [5.74, 6) is 0.596. The molecule has 15 rings (SSSR count). The molecule has 0 atom stereocenters. The zero-order valence-corrected chi connectivity index (χ0v) is 78.9. The largest absolute Gasteiger partial charge is 0.505 e. The molecule has 140 heavy (non-hydrogen) atoms. The van der Waals surface area contributed by atoms with Crippen LogP contribution in [0, 0.1) is 54.7 Å². The number of aryl methyl sites for hydroxylation is 2. The van der Waals surface area contributed by atoms with Gasteiger partial charge in [0.2, 0.25) is 11.8 Å². The average molecular weight is 1960 g/mol. The predicted molar refractivity (Wildman–Crippen MR) is 507 cm³/mol. The van der Waals surface area contributed by atoms with Gasteiger partial charge in [0.1, 0.15) is 29.7 Å². The number of rotatable bonds is 25. The highest BCUT2D eigenvalue weighted by atomic mass is 35.5. The summed E-state index contributed by atoms with van der Waals surface area (Å²) in [6, 6.07) is 34.4. The van der Waals surface area contributed by atoms with Crippen molar-refractivity contribution in [1.29, 1.82) is 0 Å². The lowest BCUT2D eigenvalue weighted by atomic mass is 9.98. The molecular weight excluding hydrogens is 1870 g/mol. The number of carbonyl (C=O) groups is 3. The second kappa shape index (κ2) is 50.5. The van der Waals surface area contributed by atoms with Crippen LogP contribution in [0.1, 0.15) is 54.8 Å². The molecule has 6 N–H and O–H groups in total. The van der Waals surface area contributed by atoms with Crippen molar-refractivity contribution in [2.45, 2.75) is 26.7 Å². The number of halogens is 4. The number of nitrogen functional groups attached to an aromatic ring is 1. The number of nitro groups is 3. The maximum atomic E-state index is 15.2. The number of phenolic OH excluding ortho intramolecular Hbond substituents is 1. The molecule has 0 bridgehead atoms. The van der Waals surface area contributed by atoms with E-state index in [4.69, 9.17) is 88.8 Å². The van der Waals surface area contributed by atoms with E-state index in [1.165, 1.54) is 147 Å². The Morgan fingerprint density at radius 2 is 0.821 bits per heavy atom. The molecule has 0 fully saturated rings. The zero-order chi connectivity index (χ0) is 103. The summed E-state index contributed by atoms with van der Waals surface area (Å²) in [6.45, 7) is 3.75. The summed E-state index contributed by atoms with van der Waals surface area (Å²) in [7, 11) is 23.7. The fourth-order valence-corrected chi connectivity index (χ4v) is 13.1. The van der Waals surface area contributed by atoms with Crippen molar-refractivity contribution < 1.29 is 123 Å². The summed E-state index contributed by atoms with van der Waals surface area (Å²) >= 11 is 5.93. The highest BCUT2D eigenvalue weighted by molar-refractivity contribution is 6.34. The van der Waals surface area contributed by atoms with Gasteiger partial charge in [0.15, 0.2) is 115 Å². The summed E-state index contributed by atoms with van der Waals surface area (Å²) in [6.07, 6.45) is 5.97. The van der Waals surface area contributed by atoms with Crippen molar-refractivity contribution in [3.05, 3.63) is 278 Å². The van der Waals surface area contributed by atoms with Crippen LogP contribution < -0.4 is 88.8 Å². The molecule has 0 radical (unpaired) electrons. The Hall–Kier alpha value is -17.8. The number of hydrogen-bond acceptors (Lipinski definition) is 37. The van der Waals surface area contributed by atoms with Crippen molar-refractivity contribution in [2.75, 3.05) is 112 Å². The normalized spacial score (nSPS) is 10.2. The summed E-state index contributed by atoms with van der Waals surface area (Å²) in [5.41, 5.74) is 14.1. The van der Waals surface area contributed by atoms with E-state index in [2.05, 4.69) is 55.1 Å². The number of H-pyrrole nitrogens is 1. The molecule has 42 nitrogen and oxygen atoms in total. The third kappa shape index (κ3) is 26.0. The Kier molecular flexibility index (Phi) is 38.8. The first-order chi connectivity index (χ1) is 67.1. The van der Waals surface area contributed by atoms with Gasteiger partial charge in [0.05, 0.1) is 199 Å². The first-order valence-electron chi connectivity index (χ1n) is 40.5. The second-order valence-electron chi connectivity index (χ2n) is 27.8. The number of pyridine rings is 1. The molecule has 15 aromatic rings. The predicted octanol–water partition coefficient (Wildman–Crippen LogP) is 15.9. The van der Waals surface area contributed by atoms with Gasteiger partial charge >= 0.3 is 11.9 Å². The summed E-state index contributed by atoms with van der Waals surface area (Å²) in [4.78, 5) is 121. The first kappa shape index (κ1) is 108. The standard InChI is InChI=1S/C31H28FN3O5.C16H12FN3O5.C10H9ClN2O2.C10H10N2O3.C10H11NO6.C10H13NO4.C6H4FNO3.CH5N/c1-6-18-7-9-24-21(11-18)30(37)29(17(2)35(24)3)25(36)13-19-8-10-26(22(32)12-19)40-31-20-14-27(38-4)28(39-5)15-23(20)33-16-34-31;1-23-14-6-10-12(7-15(14)24-2)18-8-19-16(10)25-13-4-3-9(20(21)22)5-11(13)17;1-14-8-3-6-7(4-9(8)15-2)12-5-13-10(6)11;1-14-8-3-6-7(4-9(8)15-2)11-5-12-10(6)13;1-15-8-4-6(10(12)17-3)7(11(13)14)5-9(8)16-2;1-13-8-4-6(10(12)15-3)7(11)5-9(8)14-2;7-5-3-4(8(10)11)1-2-6(5)9;1-2/h7-12,14-16H,6,13H2,1-5H3;3-8H,1-2H3;3-5H,1-2H3;3-5H,1-2H3,(H,11,12,13);4-5H,1-3H3;4-5H,11H2,1-3H3;1-3,9H;2H2,1H3. The second-order valence-corrected chi connectivity index (χ2v) is 28.2. The average Bonchev–Trinajstić information content (AvgIpc) is 0.759. The number of nitro benzene ring substituents is 3. The third-order valence-corrected chi connectivity index (χ3v) is 20.3. The van der Waals surface area contributed by atoms with Crippen molar-refractivity contribution in [3.63, 3.8) is 0 Å². The number of aromatic amines is 1. The molecule has 0 aliphatic rings. The van der Waals surface area contributed by atoms with E-state index in [0.717, 1.165) is 65.8 Å². The van der Waals surface area contributed by atoms with E-state index in [9.17, 15) is 63.1 Å². The first-order valence-corrected chi connectivity index (χ1v) is 40.9. The van der Waals surface area contributed by atoms with Gasteiger partial charge in [-0.25, -0.2) is 57.6 Å². The number of ether oxygens (including phenoxy) is 16. The summed E-state index contributed by atoms with van der Waals surface area (Å²) < 4.78 is 125. The number of hydrogen-bond donors (Lipinski definition) is 4. The van der Waals surface area contributed by atoms with E-state index in [1.54, 1.807) is 75.7 Å². The van der Waals surface area contributed by atoms with Crippen molar-refractivity contribution >= 4 is 107 Å². The maximum absolute atomic E-state index is 15.2. The Bertz CT molecular complexity index is 7210. The van der Waals surface area contributed by atoms with Crippen LogP contribution in [-0.2, 0) is 29.4 Å². The topological polar surface area (TPSA) is 546 Å². The highest BCUT2D eigenvalue weighted by Crippen LogP contribution is 2.42. The number of fused-ring (bicyclic) bond motifs is 5. The van der Waals surface area contributed by atoms with Crippen LogP contribution in [0.3, 0.4) is 0 Å². The number of aromatic hydroxyl groups is 1. The number of ketones is 1. The molecule has 0 spiro atoms. The Labute approximate surface area is 798 Å². The minimum atomic E-state index is -0.987. The van der Waals surface area contributed by atoms with Crippen molar-refractivity contribution in [2.24, 2.45) is 12.8 Å². The number of phenols is 1. The smallest absolute Gasteiger partial charge is 0.345 e. The minimum Gasteiger partial charge on any atom is -0.505 e. The van der Waals surface area contributed by atoms with E-state index in [-0.39, 0.29) is 86.0 Å². The molecule has 10 aromatic carbocycles. The molecule has 0 aliphatic heterocycles. The number of non-ortho nitro benzene ring substituents is 2. The van der Waals surface area contributed by atoms with Gasteiger partial charge in [-0.05, 0) is 92.2 Å². The van der Waals surface area contributed by atoms with Gasteiger partial charge in [-0.1, -0.05) is 30.7 Å². The van der Waals surface area contributed by atoms with E-state index < -0.39 is 55.6 Å². The lowest BCUT2D eigenvalue weighted by molar-refractivity contribution is -0.385. The van der Waals surface area contributed by atoms with E-state index >= 15 is 4.39 Å². The fourth-order valence-electron chi connectivity index (χ4n) is 12.9. The Morgan fingerprint density at radius 1 is 0.436 bits per heavy atom. The third-order valence-electron chi connectivity index (χ3n) is 20.0. The number of Topliss-reactive ketones (excluding diaryl/α,β-unsaturated/α-hetero) is 1. The molecule has 5 heterocycles. The van der Waals surface area contributed by atoms with Gasteiger partial charge < -0.3 is 102 Å². The maximum Gasteiger partial charge on any atom is 0.345 e. The molecule has 0 aliphatic carbocycles. The van der Waals surface area contributed by atoms with Crippen LogP contribution in [0.2, 0.25) is 5.15 Å². The molecule has 0 unspecified atom stereocenters. The molecule has 5 aromatic heterocycles. The number of aromatic nitrogens is 9. The Balaban J connectivity index is 0.000000209. The van der Waals surface area contributed by atoms with Crippen LogP contribution >= 0.6 is 11.6 Å². The zero-order valence-electron chi connectivity index (χ0n) is 78.1. The lowest BCUT2D eigenvalue weighted by Crippen LogP contribution is -2.23. The number of benzene rings is 10. The lowest BCUT2D eigenvalue weighted by Gasteiger charge is -2.15. The number of esters is 2. The van der Waals surface area contributed by atoms with Gasteiger partial charge in [-0.3, -0.25) is 44.7 Å². The number of anilines is 1. The fraction of sp³-hybridized carbons (Fsp3) is 0.213. The van der Waals surface area contributed by atoms with Gasteiger partial charge in [0, 0.05) is 84.5 Å². The molecule has 0 saturated carbocycles. The number of methoxy groups -OCH3 is 14. The van der Waals surface area contributed by atoms with Gasteiger partial charge in [0.25, 0.3) is 22.6 Å². The number of nitrogens with zero attached hydrogens (tertiary/aromatic N) is 11. The van der Waals surface area contributed by atoms with E-state index in [0.29, 0.717) is 124 Å². The molecule has 0 amide bonds. The van der Waals surface area contributed by atoms with Gasteiger partial charge in [-0.2, -0.15) is 0 Å². The minimum absolute atomic E-state index is 0.0733. The quantitative estimate of drug-likeness (QED) is 0.0103. The SMILES string of the molecule is CCc1ccc2c(c1)c(=O)c(C(=O)Cc1ccc(Oc3ncnc4cc(OC)c(OC)cc34)c(F)c1)c(C)n2C.CN.COC(=O)c1cc(OC)c(OC)cc1N.COC(=O)c1cc(OC)c(OC)cc1[N+](=O)[O-].COc1cc2nc[nH]c(=O)c2cc1OC.COc1cc2ncnc(Cl)c2cc1OC.COc1cc2ncnc(Oc3ccc([N+](=O)[O-])cc3F)c2cc1OC.O=[N+]([O-])c1ccc(O)c(F)c1. The summed E-state index contributed by atoms with van der Waals surface area (Å²) in [5, 5.41) is 43.2. The molecular formula is C94H92ClF3N14O28. The van der Waals surface area contributed by atoms with Crippen molar-refractivity contribution in [3.8, 4) is 98.0 Å². The molecule has 46 heteroatoms. The molecule has 0 saturated heterocycles. The molecule has 734 valence electrons. The highest BCUT2D eigenvalue weighted by Gasteiger charge is 2.27.